The molecule has 2 rings (SSSR count). The van der Waals surface area contributed by atoms with Crippen molar-refractivity contribution in [3.05, 3.63) is 0 Å². The summed E-state index contributed by atoms with van der Waals surface area (Å²) in [4.78, 5) is 27.7. The maximum Gasteiger partial charge on any atom is 0.410 e. The molecule has 0 aromatic heterocycles. The number of ether oxygens (including phenoxy) is 2. The molecule has 2 heterocycles. The number of carbonyl (C=O) groups excluding carboxylic acids is 2. The number of nitrogens with zero attached hydrogens (tertiary/aromatic N) is 2. The molecule has 6 heteroatoms. The van der Waals surface area contributed by atoms with E-state index in [0.717, 1.165) is 32.4 Å². The molecule has 132 valence electrons. The highest BCUT2D eigenvalue weighted by atomic mass is 16.6. The first-order chi connectivity index (χ1) is 10.7. The Balaban J connectivity index is 1.76. The van der Waals surface area contributed by atoms with E-state index >= 15 is 0 Å². The van der Waals surface area contributed by atoms with Gasteiger partial charge in [-0.1, -0.05) is 0 Å². The molecule has 0 aromatic carbocycles. The molecule has 2 fully saturated rings. The molecule has 2 saturated heterocycles. The van der Waals surface area contributed by atoms with Crippen molar-refractivity contribution in [2.45, 2.75) is 64.7 Å². The van der Waals surface area contributed by atoms with Gasteiger partial charge in [0.2, 0.25) is 0 Å². The van der Waals surface area contributed by atoms with Crippen LogP contribution in [0.1, 0.15) is 47.0 Å². The normalized spacial score (nSPS) is 26.9. The van der Waals surface area contributed by atoms with Crippen LogP contribution in [-0.2, 0) is 14.3 Å². The minimum absolute atomic E-state index is 0.0310. The van der Waals surface area contributed by atoms with Crippen molar-refractivity contribution >= 4 is 12.1 Å². The molecular weight excluding hydrogens is 296 g/mol. The molecule has 2 atom stereocenters. The molecule has 0 bridgehead atoms. The molecule has 0 aliphatic carbocycles. The number of hydrogen-bond donors (Lipinski definition) is 0. The van der Waals surface area contributed by atoms with Crippen LogP contribution >= 0.6 is 0 Å². The van der Waals surface area contributed by atoms with E-state index in [4.69, 9.17) is 9.47 Å². The van der Waals surface area contributed by atoms with Crippen molar-refractivity contribution in [3.8, 4) is 0 Å². The molecule has 2 aliphatic heterocycles. The summed E-state index contributed by atoms with van der Waals surface area (Å²) >= 11 is 0. The van der Waals surface area contributed by atoms with Crippen LogP contribution in [0.15, 0.2) is 0 Å². The van der Waals surface area contributed by atoms with Gasteiger partial charge in [0.05, 0.1) is 0 Å². The number of likely N-dealkylation sites (tertiary alicyclic amines) is 1. The van der Waals surface area contributed by atoms with Crippen molar-refractivity contribution in [2.75, 3.05) is 26.7 Å². The average Bonchev–Trinajstić information content (AvgIpc) is 2.76. The van der Waals surface area contributed by atoms with Crippen LogP contribution in [0.4, 0.5) is 4.79 Å². The number of amides is 1. The van der Waals surface area contributed by atoms with Gasteiger partial charge in [-0.25, -0.2) is 4.79 Å². The maximum absolute atomic E-state index is 12.0. The van der Waals surface area contributed by atoms with Gasteiger partial charge in [-0.3, -0.25) is 9.69 Å². The summed E-state index contributed by atoms with van der Waals surface area (Å²) in [7, 11) is 1.79. The molecule has 23 heavy (non-hydrogen) atoms. The fourth-order valence-corrected chi connectivity index (χ4v) is 3.28. The van der Waals surface area contributed by atoms with E-state index in [1.54, 1.807) is 11.9 Å². The van der Waals surface area contributed by atoms with Crippen molar-refractivity contribution in [2.24, 2.45) is 5.92 Å². The Morgan fingerprint density at radius 3 is 2.43 bits per heavy atom. The van der Waals surface area contributed by atoms with Crippen LogP contribution in [-0.4, -0.2) is 66.3 Å². The second kappa shape index (κ2) is 7.07. The van der Waals surface area contributed by atoms with Crippen LogP contribution in [0.25, 0.3) is 0 Å². The Kier molecular flexibility index (Phi) is 5.55. The van der Waals surface area contributed by atoms with Crippen molar-refractivity contribution in [1.29, 1.82) is 0 Å². The van der Waals surface area contributed by atoms with E-state index in [2.05, 4.69) is 4.90 Å². The molecule has 0 radical (unpaired) electrons. The van der Waals surface area contributed by atoms with E-state index < -0.39 is 5.60 Å². The van der Waals surface area contributed by atoms with E-state index in [1.165, 1.54) is 0 Å². The van der Waals surface area contributed by atoms with Gasteiger partial charge in [-0.2, -0.15) is 0 Å². The van der Waals surface area contributed by atoms with E-state index in [0.29, 0.717) is 12.5 Å². The fraction of sp³-hybridized carbons (Fsp3) is 0.882. The summed E-state index contributed by atoms with van der Waals surface area (Å²) in [5, 5.41) is 0. The van der Waals surface area contributed by atoms with Crippen LogP contribution in [0, 0.1) is 5.92 Å². The summed E-state index contributed by atoms with van der Waals surface area (Å²) in [6.45, 7) is 10.0. The third-order valence-electron chi connectivity index (χ3n) is 4.47. The Hall–Kier alpha value is -1.30. The first-order valence-electron chi connectivity index (χ1n) is 8.54. The summed E-state index contributed by atoms with van der Waals surface area (Å²) in [5.41, 5.74) is -0.464. The Bertz CT molecular complexity index is 438. The molecule has 2 aliphatic rings. The molecular formula is C17H30N2O4. The monoisotopic (exact) mass is 326 g/mol. The van der Waals surface area contributed by atoms with Crippen molar-refractivity contribution < 1.29 is 19.1 Å². The first-order valence-corrected chi connectivity index (χ1v) is 8.54. The van der Waals surface area contributed by atoms with Gasteiger partial charge < -0.3 is 14.4 Å². The number of rotatable bonds is 3. The summed E-state index contributed by atoms with van der Waals surface area (Å²) < 4.78 is 10.6. The van der Waals surface area contributed by atoms with Crippen molar-refractivity contribution in [3.63, 3.8) is 0 Å². The zero-order valence-corrected chi connectivity index (χ0v) is 15.0. The van der Waals surface area contributed by atoms with E-state index in [-0.39, 0.29) is 24.2 Å². The molecule has 0 N–H and O–H groups in total. The third-order valence-corrected chi connectivity index (χ3v) is 4.47. The molecule has 1 amide bonds. The topological polar surface area (TPSA) is 59.1 Å². The van der Waals surface area contributed by atoms with Gasteiger partial charge in [-0.05, 0) is 59.5 Å². The number of piperidine rings is 1. The van der Waals surface area contributed by atoms with Gasteiger partial charge in [-0.15, -0.1) is 0 Å². The quantitative estimate of drug-likeness (QED) is 0.745. The average molecular weight is 326 g/mol. The fourth-order valence-electron chi connectivity index (χ4n) is 3.28. The van der Waals surface area contributed by atoms with Crippen LogP contribution in [0.3, 0.4) is 0 Å². The minimum atomic E-state index is -0.464. The molecule has 0 unspecified atom stereocenters. The third kappa shape index (κ3) is 5.09. The minimum Gasteiger partial charge on any atom is -0.461 e. The summed E-state index contributed by atoms with van der Waals surface area (Å²) in [6.07, 6.45) is 2.54. The first kappa shape index (κ1) is 18.0. The van der Waals surface area contributed by atoms with Crippen LogP contribution in [0.5, 0.6) is 0 Å². The van der Waals surface area contributed by atoms with Gasteiger partial charge in [0.25, 0.3) is 0 Å². The zero-order valence-electron chi connectivity index (χ0n) is 15.0. The molecule has 0 spiro atoms. The van der Waals surface area contributed by atoms with Gasteiger partial charge >= 0.3 is 12.1 Å². The molecule has 0 saturated carbocycles. The Morgan fingerprint density at radius 2 is 1.96 bits per heavy atom. The zero-order chi connectivity index (χ0) is 17.2. The summed E-state index contributed by atoms with van der Waals surface area (Å²) in [6, 6.07) is -0.0745. The lowest BCUT2D eigenvalue weighted by Crippen LogP contribution is -2.46. The Labute approximate surface area is 139 Å². The number of esters is 1. The highest BCUT2D eigenvalue weighted by Gasteiger charge is 2.38. The standard InChI is InChI=1S/C17H30N2O4/c1-12-10-14(15(20)22-12)19-8-6-13(7-9-19)11-18(5)16(21)23-17(2,3)4/h12-14H,6-11H2,1-5H3/t12-,14+/m1/s1. The highest BCUT2D eigenvalue weighted by molar-refractivity contribution is 5.78. The summed E-state index contributed by atoms with van der Waals surface area (Å²) in [5.74, 6) is 0.375. The molecule has 6 nitrogen and oxygen atoms in total. The lowest BCUT2D eigenvalue weighted by Gasteiger charge is -2.36. The second-order valence-electron chi connectivity index (χ2n) is 7.84. The van der Waals surface area contributed by atoms with Gasteiger partial charge in [0, 0.05) is 20.0 Å². The van der Waals surface area contributed by atoms with Gasteiger partial charge in [0.15, 0.2) is 0 Å². The number of carbonyl (C=O) groups is 2. The predicted molar refractivity (Wildman–Crippen MR) is 87.1 cm³/mol. The van der Waals surface area contributed by atoms with E-state index in [1.807, 2.05) is 27.7 Å². The maximum atomic E-state index is 12.0. The molecule has 0 aromatic rings. The van der Waals surface area contributed by atoms with E-state index in [9.17, 15) is 9.59 Å². The lowest BCUT2D eigenvalue weighted by molar-refractivity contribution is -0.145. The lowest BCUT2D eigenvalue weighted by atomic mass is 9.95. The highest BCUT2D eigenvalue weighted by Crippen LogP contribution is 2.26. The Morgan fingerprint density at radius 1 is 1.35 bits per heavy atom. The largest absolute Gasteiger partial charge is 0.461 e. The second-order valence-corrected chi connectivity index (χ2v) is 7.84. The van der Waals surface area contributed by atoms with Crippen LogP contribution in [0.2, 0.25) is 0 Å². The van der Waals surface area contributed by atoms with Gasteiger partial charge in [0.1, 0.15) is 17.7 Å². The van der Waals surface area contributed by atoms with Crippen molar-refractivity contribution in [1.82, 2.24) is 9.80 Å². The predicted octanol–water partition coefficient (Wildman–Crippen LogP) is 2.27. The smallest absolute Gasteiger partial charge is 0.410 e. The number of cyclic esters (lactones) is 1. The number of hydrogen-bond acceptors (Lipinski definition) is 5. The SMILES string of the molecule is C[C@@H]1C[C@H](N2CCC(CN(C)C(=O)OC(C)(C)C)CC2)C(=O)O1. The van der Waals surface area contributed by atoms with Crippen LogP contribution < -0.4 is 0 Å².